The normalized spacial score (nSPS) is 12.6. The van der Waals surface area contributed by atoms with E-state index in [0.717, 1.165) is 22.5 Å². The second kappa shape index (κ2) is 4.37. The lowest BCUT2D eigenvalue weighted by Crippen LogP contribution is -2.13. The Kier molecular flexibility index (Phi) is 3.63. The Labute approximate surface area is 109 Å². The van der Waals surface area contributed by atoms with Crippen LogP contribution in [0.25, 0.3) is 11.1 Å². The van der Waals surface area contributed by atoms with Gasteiger partial charge in [0.05, 0.1) is 11.7 Å². The number of rotatable bonds is 2. The van der Waals surface area contributed by atoms with Crippen LogP contribution < -0.4 is 0 Å². The van der Waals surface area contributed by atoms with Gasteiger partial charge in [-0.05, 0) is 22.0 Å². The molecule has 0 aliphatic heterocycles. The summed E-state index contributed by atoms with van der Waals surface area (Å²) in [5.74, 6) is 0. The summed E-state index contributed by atoms with van der Waals surface area (Å²) < 4.78 is 8.77. The molecule has 0 saturated carbocycles. The Morgan fingerprint density at radius 2 is 1.12 bits per heavy atom. The van der Waals surface area contributed by atoms with Crippen LogP contribution in [-0.4, -0.2) is 8.75 Å². The Hall–Kier alpha value is -0.960. The molecule has 0 aliphatic rings. The first-order valence-electron chi connectivity index (χ1n) is 5.77. The van der Waals surface area contributed by atoms with Gasteiger partial charge in [0.1, 0.15) is 11.4 Å². The van der Waals surface area contributed by atoms with E-state index in [-0.39, 0.29) is 10.8 Å². The fourth-order valence-corrected chi connectivity index (χ4v) is 1.89. The summed E-state index contributed by atoms with van der Waals surface area (Å²) in [6, 6.07) is 0. The third-order valence-corrected chi connectivity index (χ3v) is 3.40. The minimum atomic E-state index is 0.00265. The average molecular weight is 250 g/mol. The maximum atomic E-state index is 4.39. The first-order valence-corrected chi connectivity index (χ1v) is 6.50. The number of allylic oxidation sites excluding steroid dienone is 2. The summed E-state index contributed by atoms with van der Waals surface area (Å²) in [5.41, 5.74) is 3.86. The fourth-order valence-electron chi connectivity index (χ4n) is 1.29. The van der Waals surface area contributed by atoms with E-state index in [0.29, 0.717) is 0 Å². The highest BCUT2D eigenvalue weighted by atomic mass is 32.1. The maximum absolute atomic E-state index is 4.39. The van der Waals surface area contributed by atoms with Crippen molar-refractivity contribution in [2.24, 2.45) is 10.8 Å². The maximum Gasteiger partial charge on any atom is 0.108 e. The standard InChI is InChI=1S/C14H22N2S/c1-9(13(3,4)5)11-12(16-17-15-11)10(2)14(6,7)8/h1-2H2,3-8H3. The van der Waals surface area contributed by atoms with Crippen molar-refractivity contribution in [3.05, 3.63) is 24.5 Å². The second-order valence-electron chi connectivity index (χ2n) is 6.42. The van der Waals surface area contributed by atoms with Gasteiger partial charge in [-0.2, -0.15) is 8.75 Å². The molecule has 0 N–H and O–H groups in total. The molecule has 2 nitrogen and oxygen atoms in total. The summed E-state index contributed by atoms with van der Waals surface area (Å²) in [7, 11) is 0. The zero-order valence-electron chi connectivity index (χ0n) is 11.7. The third kappa shape index (κ3) is 3.03. The molecule has 1 aromatic heterocycles. The molecule has 94 valence electrons. The highest BCUT2D eigenvalue weighted by molar-refractivity contribution is 6.99. The molecule has 0 aromatic carbocycles. The molecule has 3 heteroatoms. The van der Waals surface area contributed by atoms with Crippen molar-refractivity contribution in [2.75, 3.05) is 0 Å². The van der Waals surface area contributed by atoms with Gasteiger partial charge in [-0.3, -0.25) is 0 Å². The first-order chi connectivity index (χ1) is 7.55. The van der Waals surface area contributed by atoms with Crippen LogP contribution in [0.3, 0.4) is 0 Å². The number of hydrogen-bond acceptors (Lipinski definition) is 3. The average Bonchev–Trinajstić information content (AvgIpc) is 2.60. The molecule has 0 spiro atoms. The van der Waals surface area contributed by atoms with Crippen molar-refractivity contribution in [1.29, 1.82) is 0 Å². The number of hydrogen-bond donors (Lipinski definition) is 0. The molecule has 0 radical (unpaired) electrons. The van der Waals surface area contributed by atoms with Crippen LogP contribution in [0, 0.1) is 10.8 Å². The Morgan fingerprint density at radius 1 is 0.824 bits per heavy atom. The zero-order valence-corrected chi connectivity index (χ0v) is 12.5. The lowest BCUT2D eigenvalue weighted by molar-refractivity contribution is 0.559. The zero-order chi connectivity index (χ0) is 13.4. The molecule has 17 heavy (non-hydrogen) atoms. The van der Waals surface area contributed by atoms with E-state index in [1.807, 2.05) is 0 Å². The van der Waals surface area contributed by atoms with Gasteiger partial charge in [0.15, 0.2) is 0 Å². The summed E-state index contributed by atoms with van der Waals surface area (Å²) in [4.78, 5) is 0. The monoisotopic (exact) mass is 250 g/mol. The van der Waals surface area contributed by atoms with E-state index in [9.17, 15) is 0 Å². The molecule has 1 aromatic rings. The van der Waals surface area contributed by atoms with Crippen molar-refractivity contribution in [3.8, 4) is 0 Å². The van der Waals surface area contributed by atoms with Gasteiger partial charge in [-0.15, -0.1) is 0 Å². The minimum absolute atomic E-state index is 0.00265. The van der Waals surface area contributed by atoms with Gasteiger partial charge >= 0.3 is 0 Å². The van der Waals surface area contributed by atoms with Crippen molar-refractivity contribution in [2.45, 2.75) is 41.5 Å². The van der Waals surface area contributed by atoms with E-state index >= 15 is 0 Å². The Morgan fingerprint density at radius 3 is 1.35 bits per heavy atom. The van der Waals surface area contributed by atoms with E-state index in [1.165, 1.54) is 11.7 Å². The van der Waals surface area contributed by atoms with Gasteiger partial charge in [0, 0.05) is 0 Å². The fraction of sp³-hybridized carbons (Fsp3) is 0.571. The number of nitrogens with zero attached hydrogens (tertiary/aromatic N) is 2. The van der Waals surface area contributed by atoms with Gasteiger partial charge in [0.2, 0.25) is 0 Å². The van der Waals surface area contributed by atoms with E-state index < -0.39 is 0 Å². The van der Waals surface area contributed by atoms with Gasteiger partial charge in [0.25, 0.3) is 0 Å². The smallest absolute Gasteiger partial charge is 0.108 e. The highest BCUT2D eigenvalue weighted by Crippen LogP contribution is 2.39. The molecule has 0 fully saturated rings. The van der Waals surface area contributed by atoms with Crippen molar-refractivity contribution < 1.29 is 0 Å². The van der Waals surface area contributed by atoms with Crippen LogP contribution in [0.4, 0.5) is 0 Å². The molecule has 0 unspecified atom stereocenters. The van der Waals surface area contributed by atoms with Gasteiger partial charge in [-0.1, -0.05) is 54.7 Å². The van der Waals surface area contributed by atoms with Crippen LogP contribution in [-0.2, 0) is 0 Å². The highest BCUT2D eigenvalue weighted by Gasteiger charge is 2.27. The van der Waals surface area contributed by atoms with Crippen molar-refractivity contribution >= 4 is 22.9 Å². The SMILES string of the molecule is C=C(c1nsnc1C(=C)C(C)(C)C)C(C)(C)C. The molecular formula is C14H22N2S. The largest absolute Gasteiger partial charge is 0.173 e. The summed E-state index contributed by atoms with van der Waals surface area (Å²) in [6.07, 6.45) is 0. The molecule has 0 saturated heterocycles. The minimum Gasteiger partial charge on any atom is -0.173 e. The molecule has 0 bridgehead atoms. The Balaban J connectivity index is 3.20. The van der Waals surface area contributed by atoms with Gasteiger partial charge in [-0.25, -0.2) is 0 Å². The van der Waals surface area contributed by atoms with E-state index in [2.05, 4.69) is 63.4 Å². The summed E-state index contributed by atoms with van der Waals surface area (Å²) in [5, 5.41) is 0. The Bertz CT molecular complexity index is 401. The molecule has 0 aliphatic carbocycles. The summed E-state index contributed by atoms with van der Waals surface area (Å²) in [6.45, 7) is 21.1. The van der Waals surface area contributed by atoms with Crippen LogP contribution >= 0.6 is 11.7 Å². The van der Waals surface area contributed by atoms with Crippen LogP contribution in [0.1, 0.15) is 52.9 Å². The predicted octanol–water partition coefficient (Wildman–Crippen LogP) is 4.66. The lowest BCUT2D eigenvalue weighted by atomic mass is 9.80. The molecular weight excluding hydrogens is 228 g/mol. The first kappa shape index (κ1) is 14.1. The third-order valence-electron chi connectivity index (χ3n) is 2.87. The van der Waals surface area contributed by atoms with Crippen LogP contribution in [0.5, 0.6) is 0 Å². The van der Waals surface area contributed by atoms with Crippen molar-refractivity contribution in [3.63, 3.8) is 0 Å². The molecule has 0 atom stereocenters. The quantitative estimate of drug-likeness (QED) is 0.763. The van der Waals surface area contributed by atoms with Crippen LogP contribution in [0.15, 0.2) is 13.2 Å². The lowest BCUT2D eigenvalue weighted by Gasteiger charge is -2.24. The van der Waals surface area contributed by atoms with E-state index in [1.54, 1.807) is 0 Å². The van der Waals surface area contributed by atoms with Crippen molar-refractivity contribution in [1.82, 2.24) is 8.75 Å². The second-order valence-corrected chi connectivity index (χ2v) is 6.95. The topological polar surface area (TPSA) is 25.8 Å². The molecule has 0 amide bonds. The molecule has 1 rings (SSSR count). The van der Waals surface area contributed by atoms with Crippen LogP contribution in [0.2, 0.25) is 0 Å². The molecule has 1 heterocycles. The number of aromatic nitrogens is 2. The summed E-state index contributed by atoms with van der Waals surface area (Å²) >= 11 is 1.23. The predicted molar refractivity (Wildman–Crippen MR) is 76.9 cm³/mol. The van der Waals surface area contributed by atoms with Gasteiger partial charge < -0.3 is 0 Å². The van der Waals surface area contributed by atoms with E-state index in [4.69, 9.17) is 0 Å².